The van der Waals surface area contributed by atoms with Crippen molar-refractivity contribution >= 4 is 0 Å². The van der Waals surface area contributed by atoms with Crippen LogP contribution in [-0.2, 0) is 0 Å². The highest BCUT2D eigenvalue weighted by Gasteiger charge is 2.17. The Morgan fingerprint density at radius 2 is 1.87 bits per heavy atom. The highest BCUT2D eigenvalue weighted by molar-refractivity contribution is 5.18. The van der Waals surface area contributed by atoms with Crippen molar-refractivity contribution in [3.05, 3.63) is 48.0 Å². The normalized spacial score (nSPS) is 14.6. The molecule has 2 nitrogen and oxygen atoms in total. The van der Waals surface area contributed by atoms with Crippen molar-refractivity contribution in [1.29, 1.82) is 0 Å². The topological polar surface area (TPSA) is 40.5 Å². The van der Waals surface area contributed by atoms with Crippen molar-refractivity contribution in [2.24, 2.45) is 0 Å². The number of hydrogen-bond acceptors (Lipinski definition) is 2. The number of aliphatic hydroxyl groups is 2. The van der Waals surface area contributed by atoms with Gasteiger partial charge < -0.3 is 10.2 Å². The van der Waals surface area contributed by atoms with Gasteiger partial charge in [0, 0.05) is 0 Å². The maximum Gasteiger partial charge on any atom is 0.105 e. The molecule has 0 fully saturated rings. The molecule has 0 saturated heterocycles. The van der Waals surface area contributed by atoms with Crippen molar-refractivity contribution in [2.75, 3.05) is 0 Å². The van der Waals surface area contributed by atoms with E-state index in [1.54, 1.807) is 0 Å². The van der Waals surface area contributed by atoms with E-state index in [1.165, 1.54) is 0 Å². The molecule has 0 aromatic heterocycles. The lowest BCUT2D eigenvalue weighted by Crippen LogP contribution is -2.18. The van der Waals surface area contributed by atoms with Crippen molar-refractivity contribution in [2.45, 2.75) is 32.0 Å². The molecule has 2 N–H and O–H groups in total. The summed E-state index contributed by atoms with van der Waals surface area (Å²) in [6.45, 7) is 5.68. The SMILES string of the molecule is C=C(C)CCC(O)C(O)c1ccccc1. The van der Waals surface area contributed by atoms with Gasteiger partial charge in [-0.15, -0.1) is 6.58 Å². The molecule has 0 bridgehead atoms. The van der Waals surface area contributed by atoms with Gasteiger partial charge in [-0.2, -0.15) is 0 Å². The highest BCUT2D eigenvalue weighted by atomic mass is 16.3. The van der Waals surface area contributed by atoms with Gasteiger partial charge >= 0.3 is 0 Å². The Bertz CT molecular complexity index is 306. The fraction of sp³-hybridized carbons (Fsp3) is 0.385. The molecule has 0 radical (unpaired) electrons. The monoisotopic (exact) mass is 206 g/mol. The quantitative estimate of drug-likeness (QED) is 0.726. The summed E-state index contributed by atoms with van der Waals surface area (Å²) in [7, 11) is 0. The van der Waals surface area contributed by atoms with E-state index in [0.717, 1.165) is 17.6 Å². The van der Waals surface area contributed by atoms with Gasteiger partial charge in [-0.25, -0.2) is 0 Å². The molecular formula is C13H18O2. The van der Waals surface area contributed by atoms with Crippen LogP contribution in [0.4, 0.5) is 0 Å². The third-order valence-corrected chi connectivity index (χ3v) is 2.37. The fourth-order valence-electron chi connectivity index (χ4n) is 1.42. The Morgan fingerprint density at radius 1 is 1.27 bits per heavy atom. The Hall–Kier alpha value is -1.12. The van der Waals surface area contributed by atoms with Crippen LogP contribution in [0, 0.1) is 0 Å². The minimum Gasteiger partial charge on any atom is -0.390 e. The third kappa shape index (κ3) is 3.86. The Balaban J connectivity index is 2.53. The third-order valence-electron chi connectivity index (χ3n) is 2.37. The van der Waals surface area contributed by atoms with E-state index >= 15 is 0 Å². The molecule has 0 aliphatic heterocycles. The van der Waals surface area contributed by atoms with Crippen LogP contribution >= 0.6 is 0 Å². The summed E-state index contributed by atoms with van der Waals surface area (Å²) in [5, 5.41) is 19.6. The Labute approximate surface area is 90.9 Å². The minimum absolute atomic E-state index is 0.547. The maximum absolute atomic E-state index is 9.82. The summed E-state index contributed by atoms with van der Waals surface area (Å²) < 4.78 is 0. The number of hydrogen-bond donors (Lipinski definition) is 2. The van der Waals surface area contributed by atoms with Gasteiger partial charge in [0.15, 0.2) is 0 Å². The van der Waals surface area contributed by atoms with Gasteiger partial charge in [0.2, 0.25) is 0 Å². The van der Waals surface area contributed by atoms with Crippen molar-refractivity contribution in [3.8, 4) is 0 Å². The summed E-state index contributed by atoms with van der Waals surface area (Å²) in [4.78, 5) is 0. The molecule has 15 heavy (non-hydrogen) atoms. The summed E-state index contributed by atoms with van der Waals surface area (Å²) in [6.07, 6.45) is -0.231. The standard InChI is InChI=1S/C13H18O2/c1-10(2)8-9-12(14)13(15)11-6-4-3-5-7-11/h3-7,12-15H,1,8-9H2,2H3. The summed E-state index contributed by atoms with van der Waals surface area (Å²) in [6, 6.07) is 9.22. The van der Waals surface area contributed by atoms with Crippen LogP contribution in [0.25, 0.3) is 0 Å². The summed E-state index contributed by atoms with van der Waals surface area (Å²) in [5.41, 5.74) is 1.78. The van der Waals surface area contributed by atoms with Crippen LogP contribution in [-0.4, -0.2) is 16.3 Å². The van der Waals surface area contributed by atoms with Crippen LogP contribution in [0.3, 0.4) is 0 Å². The molecule has 1 aromatic rings. The first-order valence-corrected chi connectivity index (χ1v) is 5.16. The second-order valence-electron chi connectivity index (χ2n) is 3.92. The van der Waals surface area contributed by atoms with Crippen LogP contribution in [0.2, 0.25) is 0 Å². The molecule has 82 valence electrons. The predicted molar refractivity (Wildman–Crippen MR) is 61.5 cm³/mol. The van der Waals surface area contributed by atoms with E-state index in [4.69, 9.17) is 0 Å². The number of aliphatic hydroxyl groups excluding tert-OH is 2. The van der Waals surface area contributed by atoms with Crippen molar-refractivity contribution in [1.82, 2.24) is 0 Å². The number of benzene rings is 1. The van der Waals surface area contributed by atoms with Crippen LogP contribution in [0.5, 0.6) is 0 Å². The lowest BCUT2D eigenvalue weighted by atomic mass is 9.99. The van der Waals surface area contributed by atoms with Gasteiger partial charge in [-0.1, -0.05) is 35.9 Å². The first kappa shape index (κ1) is 12.0. The molecule has 0 aliphatic rings. The minimum atomic E-state index is -0.800. The van der Waals surface area contributed by atoms with E-state index < -0.39 is 12.2 Å². The van der Waals surface area contributed by atoms with Crippen molar-refractivity contribution < 1.29 is 10.2 Å². The van der Waals surface area contributed by atoms with E-state index in [9.17, 15) is 10.2 Å². The van der Waals surface area contributed by atoms with Gasteiger partial charge in [-0.05, 0) is 25.3 Å². The predicted octanol–water partition coefficient (Wildman–Crippen LogP) is 2.44. The Morgan fingerprint density at radius 3 is 2.40 bits per heavy atom. The van der Waals surface area contributed by atoms with E-state index in [-0.39, 0.29) is 0 Å². The summed E-state index contributed by atoms with van der Waals surface area (Å²) in [5.74, 6) is 0. The fourth-order valence-corrected chi connectivity index (χ4v) is 1.42. The first-order valence-electron chi connectivity index (χ1n) is 5.16. The van der Waals surface area contributed by atoms with E-state index in [2.05, 4.69) is 6.58 Å². The molecule has 0 aliphatic carbocycles. The van der Waals surface area contributed by atoms with Gasteiger partial charge in [0.1, 0.15) is 6.10 Å². The van der Waals surface area contributed by atoms with Crippen LogP contribution in [0.15, 0.2) is 42.5 Å². The molecule has 0 heterocycles. The lowest BCUT2D eigenvalue weighted by Gasteiger charge is -2.17. The lowest BCUT2D eigenvalue weighted by molar-refractivity contribution is 0.0137. The highest BCUT2D eigenvalue weighted by Crippen LogP contribution is 2.20. The van der Waals surface area contributed by atoms with Crippen LogP contribution < -0.4 is 0 Å². The molecule has 2 unspecified atom stereocenters. The second-order valence-corrected chi connectivity index (χ2v) is 3.92. The average molecular weight is 206 g/mol. The smallest absolute Gasteiger partial charge is 0.105 e. The zero-order valence-electron chi connectivity index (χ0n) is 9.06. The van der Waals surface area contributed by atoms with Crippen LogP contribution in [0.1, 0.15) is 31.4 Å². The number of allylic oxidation sites excluding steroid dienone is 1. The molecule has 1 aromatic carbocycles. The largest absolute Gasteiger partial charge is 0.390 e. The average Bonchev–Trinajstić information content (AvgIpc) is 2.26. The summed E-state index contributed by atoms with van der Waals surface area (Å²) >= 11 is 0. The van der Waals surface area contributed by atoms with Crippen molar-refractivity contribution in [3.63, 3.8) is 0 Å². The van der Waals surface area contributed by atoms with E-state index in [0.29, 0.717) is 6.42 Å². The molecule has 0 saturated carbocycles. The van der Waals surface area contributed by atoms with Gasteiger partial charge in [0.05, 0.1) is 6.10 Å². The number of rotatable bonds is 5. The molecule has 0 amide bonds. The Kier molecular flexibility index (Phi) is 4.53. The molecule has 1 rings (SSSR count). The first-order chi connectivity index (χ1) is 7.11. The van der Waals surface area contributed by atoms with Gasteiger partial charge in [0.25, 0.3) is 0 Å². The molecule has 0 spiro atoms. The molecular weight excluding hydrogens is 188 g/mol. The zero-order valence-corrected chi connectivity index (χ0v) is 9.06. The van der Waals surface area contributed by atoms with E-state index in [1.807, 2.05) is 37.3 Å². The molecule has 2 heteroatoms. The van der Waals surface area contributed by atoms with Gasteiger partial charge in [-0.3, -0.25) is 0 Å². The zero-order chi connectivity index (χ0) is 11.3. The maximum atomic E-state index is 9.82. The molecule has 2 atom stereocenters. The second kappa shape index (κ2) is 5.69.